The average molecular weight is 216 g/mol. The van der Waals surface area contributed by atoms with Crippen LogP contribution in [0.25, 0.3) is 0 Å². The highest BCUT2D eigenvalue weighted by Gasteiger charge is 2.17. The highest BCUT2D eigenvalue weighted by atomic mass is 35.5. The molecule has 2 N–H and O–H groups in total. The molecule has 1 rings (SSSR count). The van der Waals surface area contributed by atoms with Crippen LogP contribution in [0.4, 0.5) is 0 Å². The molecule has 14 heavy (non-hydrogen) atoms. The minimum atomic E-state index is -0.781. The Balaban J connectivity index is 3.09. The Kier molecular flexibility index (Phi) is 3.30. The number of carbonyl (C=O) groups is 1. The van der Waals surface area contributed by atoms with Crippen molar-refractivity contribution < 1.29 is 15.0 Å². The highest BCUT2D eigenvalue weighted by Crippen LogP contribution is 2.22. The molecule has 0 aliphatic carbocycles. The van der Waals surface area contributed by atoms with Crippen molar-refractivity contribution >= 4 is 23.1 Å². The molecule has 0 fully saturated rings. The molecule has 76 valence electrons. The van der Waals surface area contributed by atoms with Crippen molar-refractivity contribution in [3.05, 3.63) is 22.8 Å². The summed E-state index contributed by atoms with van der Waals surface area (Å²) in [6.07, 6.45) is 1.73. The summed E-state index contributed by atoms with van der Waals surface area (Å²) in [5, 5.41) is 18.1. The van der Waals surface area contributed by atoms with Crippen LogP contribution in [-0.2, 0) is 4.79 Å². The van der Waals surface area contributed by atoms with E-state index in [1.54, 1.807) is 0 Å². The standard InChI is InChI=1S/C9H10ClNO3/c1-2-5-3-7(12)6(8(10)13)4-11-9(5)14/h4,12,14H,2-3H2,1H3. The zero-order chi connectivity index (χ0) is 10.7. The van der Waals surface area contributed by atoms with Crippen molar-refractivity contribution in [3.63, 3.8) is 0 Å². The van der Waals surface area contributed by atoms with Crippen molar-refractivity contribution in [1.29, 1.82) is 0 Å². The van der Waals surface area contributed by atoms with E-state index in [-0.39, 0.29) is 23.6 Å². The summed E-state index contributed by atoms with van der Waals surface area (Å²) in [5.41, 5.74) is 0.508. The summed E-state index contributed by atoms with van der Waals surface area (Å²) in [5.74, 6) is -0.318. The van der Waals surface area contributed by atoms with Crippen molar-refractivity contribution in [2.45, 2.75) is 19.8 Å². The fraction of sp³-hybridized carbons (Fsp3) is 0.333. The Morgan fingerprint density at radius 1 is 1.64 bits per heavy atom. The van der Waals surface area contributed by atoms with E-state index in [0.29, 0.717) is 12.0 Å². The summed E-state index contributed by atoms with van der Waals surface area (Å²) in [7, 11) is 0. The zero-order valence-corrected chi connectivity index (χ0v) is 8.38. The molecule has 0 aromatic heterocycles. The van der Waals surface area contributed by atoms with Gasteiger partial charge in [-0.15, -0.1) is 0 Å². The molecule has 0 spiro atoms. The van der Waals surface area contributed by atoms with Gasteiger partial charge < -0.3 is 10.2 Å². The van der Waals surface area contributed by atoms with Crippen LogP contribution in [0.2, 0.25) is 0 Å². The van der Waals surface area contributed by atoms with E-state index in [4.69, 9.17) is 11.6 Å². The third-order valence-electron chi connectivity index (χ3n) is 1.96. The van der Waals surface area contributed by atoms with Crippen molar-refractivity contribution in [1.82, 2.24) is 0 Å². The van der Waals surface area contributed by atoms with Gasteiger partial charge in [0.05, 0.1) is 5.57 Å². The monoisotopic (exact) mass is 215 g/mol. The summed E-state index contributed by atoms with van der Waals surface area (Å²) in [6, 6.07) is 0. The number of allylic oxidation sites excluding steroid dienone is 2. The lowest BCUT2D eigenvalue weighted by Gasteiger charge is -2.03. The van der Waals surface area contributed by atoms with Crippen LogP contribution >= 0.6 is 11.6 Å². The van der Waals surface area contributed by atoms with Crippen molar-refractivity contribution in [2.24, 2.45) is 4.99 Å². The molecular formula is C9H10ClNO3. The van der Waals surface area contributed by atoms with E-state index < -0.39 is 5.24 Å². The van der Waals surface area contributed by atoms with Crippen LogP contribution in [0, 0.1) is 0 Å². The van der Waals surface area contributed by atoms with Crippen molar-refractivity contribution in [2.75, 3.05) is 0 Å². The van der Waals surface area contributed by atoms with Crippen LogP contribution < -0.4 is 0 Å². The molecule has 0 aromatic carbocycles. The van der Waals surface area contributed by atoms with Gasteiger partial charge in [0.15, 0.2) is 0 Å². The minimum absolute atomic E-state index is 0.0679. The lowest BCUT2D eigenvalue weighted by Crippen LogP contribution is -2.00. The first kappa shape index (κ1) is 10.8. The molecule has 4 nitrogen and oxygen atoms in total. The SMILES string of the molecule is CCC1=C(O)N=CC(C(=O)Cl)=C(O)C1. The predicted octanol–water partition coefficient (Wildman–Crippen LogP) is 2.22. The van der Waals surface area contributed by atoms with E-state index in [0.717, 1.165) is 6.21 Å². The smallest absolute Gasteiger partial charge is 0.257 e. The van der Waals surface area contributed by atoms with Crippen LogP contribution in [0.1, 0.15) is 19.8 Å². The normalized spacial score (nSPS) is 17.3. The first-order chi connectivity index (χ1) is 6.56. The predicted molar refractivity (Wildman–Crippen MR) is 53.6 cm³/mol. The van der Waals surface area contributed by atoms with E-state index in [9.17, 15) is 15.0 Å². The van der Waals surface area contributed by atoms with Gasteiger partial charge >= 0.3 is 0 Å². The Morgan fingerprint density at radius 3 is 2.79 bits per heavy atom. The summed E-state index contributed by atoms with van der Waals surface area (Å²) >= 11 is 5.21. The number of hydrogen-bond donors (Lipinski definition) is 2. The second kappa shape index (κ2) is 4.28. The number of nitrogens with zero attached hydrogens (tertiary/aromatic N) is 1. The lowest BCUT2D eigenvalue weighted by atomic mass is 10.1. The number of rotatable bonds is 2. The molecule has 0 saturated heterocycles. The second-order valence-electron chi connectivity index (χ2n) is 2.85. The molecule has 0 unspecified atom stereocenters. The fourth-order valence-electron chi connectivity index (χ4n) is 1.12. The van der Waals surface area contributed by atoms with Gasteiger partial charge in [-0.1, -0.05) is 6.92 Å². The molecule has 0 aromatic rings. The number of aliphatic hydroxyl groups is 2. The largest absolute Gasteiger partial charge is 0.511 e. The van der Waals surface area contributed by atoms with E-state index in [1.807, 2.05) is 6.92 Å². The van der Waals surface area contributed by atoms with E-state index >= 15 is 0 Å². The van der Waals surface area contributed by atoms with Crippen LogP contribution in [0.15, 0.2) is 27.8 Å². The molecule has 1 aliphatic rings. The Morgan fingerprint density at radius 2 is 2.29 bits per heavy atom. The average Bonchev–Trinajstić information content (AvgIpc) is 2.26. The van der Waals surface area contributed by atoms with Gasteiger partial charge in [0.2, 0.25) is 5.88 Å². The number of carbonyl (C=O) groups excluding carboxylic acids is 1. The van der Waals surface area contributed by atoms with E-state index in [2.05, 4.69) is 4.99 Å². The number of halogens is 1. The second-order valence-corrected chi connectivity index (χ2v) is 3.19. The lowest BCUT2D eigenvalue weighted by molar-refractivity contribution is -0.108. The maximum absolute atomic E-state index is 10.8. The topological polar surface area (TPSA) is 69.9 Å². The quantitative estimate of drug-likeness (QED) is 0.694. The fourth-order valence-corrected chi connectivity index (χ4v) is 1.27. The molecule has 1 aliphatic heterocycles. The van der Waals surface area contributed by atoms with Crippen LogP contribution in [0.3, 0.4) is 0 Å². The number of aliphatic hydroxyl groups excluding tert-OH is 2. The molecule has 0 amide bonds. The Bertz CT molecular complexity index is 355. The molecular weight excluding hydrogens is 206 g/mol. The third kappa shape index (κ3) is 2.14. The molecule has 1 heterocycles. The van der Waals surface area contributed by atoms with Gasteiger partial charge in [-0.2, -0.15) is 0 Å². The number of aliphatic imine (C=N–C) groups is 1. The van der Waals surface area contributed by atoms with Crippen molar-refractivity contribution in [3.8, 4) is 0 Å². The third-order valence-corrected chi connectivity index (χ3v) is 2.17. The minimum Gasteiger partial charge on any atom is -0.511 e. The Labute approximate surface area is 86.2 Å². The van der Waals surface area contributed by atoms with Gasteiger partial charge in [-0.25, -0.2) is 4.99 Å². The van der Waals surface area contributed by atoms with Gasteiger partial charge in [0.25, 0.3) is 5.24 Å². The number of hydrogen-bond acceptors (Lipinski definition) is 4. The zero-order valence-electron chi connectivity index (χ0n) is 7.62. The maximum Gasteiger partial charge on any atom is 0.257 e. The van der Waals surface area contributed by atoms with Crippen LogP contribution in [-0.4, -0.2) is 21.7 Å². The van der Waals surface area contributed by atoms with Gasteiger partial charge in [-0.05, 0) is 23.6 Å². The maximum atomic E-state index is 10.8. The summed E-state index contributed by atoms with van der Waals surface area (Å²) < 4.78 is 0. The van der Waals surface area contributed by atoms with E-state index in [1.165, 1.54) is 0 Å². The summed E-state index contributed by atoms with van der Waals surface area (Å²) in [6.45, 7) is 1.82. The molecule has 0 bridgehead atoms. The van der Waals surface area contributed by atoms with Gasteiger partial charge in [-0.3, -0.25) is 4.79 Å². The Hall–Kier alpha value is -1.29. The first-order valence-electron chi connectivity index (χ1n) is 4.13. The molecule has 0 atom stereocenters. The molecule has 0 saturated carbocycles. The first-order valence-corrected chi connectivity index (χ1v) is 4.51. The molecule has 0 radical (unpaired) electrons. The highest BCUT2D eigenvalue weighted by molar-refractivity contribution is 6.70. The van der Waals surface area contributed by atoms with Gasteiger partial charge in [0, 0.05) is 12.6 Å². The summed E-state index contributed by atoms with van der Waals surface area (Å²) in [4.78, 5) is 14.4. The molecule has 5 heteroatoms. The van der Waals surface area contributed by atoms with Gasteiger partial charge in [0.1, 0.15) is 5.76 Å². The van der Waals surface area contributed by atoms with Crippen LogP contribution in [0.5, 0.6) is 0 Å².